The highest BCUT2D eigenvalue weighted by atomic mass is 16.6. The van der Waals surface area contributed by atoms with E-state index in [0.29, 0.717) is 24.4 Å². The molecule has 1 aliphatic heterocycles. The summed E-state index contributed by atoms with van der Waals surface area (Å²) in [6.07, 6.45) is 0.158. The summed E-state index contributed by atoms with van der Waals surface area (Å²) in [5, 5.41) is 14.8. The molecule has 2 amide bonds. The number of carbonyl (C=O) groups excluding carboxylic acids is 2. The molecule has 0 saturated carbocycles. The Balaban J connectivity index is 1.57. The van der Waals surface area contributed by atoms with Gasteiger partial charge in [-0.2, -0.15) is 5.10 Å². The Hall–Kier alpha value is -3.55. The summed E-state index contributed by atoms with van der Waals surface area (Å²) in [7, 11) is 0. The average molecular weight is 380 g/mol. The van der Waals surface area contributed by atoms with Crippen LogP contribution in [0.1, 0.15) is 24.5 Å². The maximum atomic E-state index is 12.4. The maximum absolute atomic E-state index is 12.4. The lowest BCUT2D eigenvalue weighted by atomic mass is 10.1. The van der Waals surface area contributed by atoms with Crippen LogP contribution in [0.4, 0.5) is 5.69 Å². The summed E-state index contributed by atoms with van der Waals surface area (Å²) in [5.41, 5.74) is 4.70. The zero-order valence-electron chi connectivity index (χ0n) is 15.4. The van der Waals surface area contributed by atoms with Crippen LogP contribution in [-0.4, -0.2) is 33.9 Å². The molecule has 1 fully saturated rings. The predicted octanol–water partition coefficient (Wildman–Crippen LogP) is 2.48. The second-order valence-electron chi connectivity index (χ2n) is 6.64. The average Bonchev–Trinajstić information content (AvgIpc) is 3.07. The molecule has 2 aromatic rings. The molecule has 0 aliphatic carbocycles. The van der Waals surface area contributed by atoms with Crippen LogP contribution in [0, 0.1) is 16.0 Å². The van der Waals surface area contributed by atoms with Crippen molar-refractivity contribution in [1.82, 2.24) is 10.3 Å². The van der Waals surface area contributed by atoms with Crippen molar-refractivity contribution in [2.45, 2.75) is 19.9 Å². The fourth-order valence-corrected chi connectivity index (χ4v) is 3.02. The highest BCUT2D eigenvalue weighted by Gasteiger charge is 2.34. The second-order valence-corrected chi connectivity index (χ2v) is 6.64. The van der Waals surface area contributed by atoms with Gasteiger partial charge in [-0.05, 0) is 30.2 Å². The van der Waals surface area contributed by atoms with Crippen LogP contribution in [0.5, 0.6) is 0 Å². The number of hydrogen-bond acceptors (Lipinski definition) is 5. The van der Waals surface area contributed by atoms with Gasteiger partial charge in [0.15, 0.2) is 0 Å². The van der Waals surface area contributed by atoms with Crippen molar-refractivity contribution in [3.05, 3.63) is 75.8 Å². The molecule has 0 bridgehead atoms. The largest absolute Gasteiger partial charge is 0.338 e. The van der Waals surface area contributed by atoms with Gasteiger partial charge in [-0.1, -0.05) is 30.3 Å². The lowest BCUT2D eigenvalue weighted by molar-refractivity contribution is -0.384. The van der Waals surface area contributed by atoms with Crippen LogP contribution in [0.3, 0.4) is 0 Å². The van der Waals surface area contributed by atoms with E-state index >= 15 is 0 Å². The van der Waals surface area contributed by atoms with Crippen molar-refractivity contribution in [3.8, 4) is 0 Å². The maximum Gasteiger partial charge on any atom is 0.269 e. The smallest absolute Gasteiger partial charge is 0.269 e. The van der Waals surface area contributed by atoms with E-state index in [1.807, 2.05) is 30.3 Å². The molecule has 1 atom stereocenters. The normalized spacial score (nSPS) is 16.9. The third kappa shape index (κ3) is 4.59. The predicted molar refractivity (Wildman–Crippen MR) is 103 cm³/mol. The summed E-state index contributed by atoms with van der Waals surface area (Å²) in [5.74, 6) is -0.824. The fourth-order valence-electron chi connectivity index (χ4n) is 3.02. The first-order valence-corrected chi connectivity index (χ1v) is 8.84. The van der Waals surface area contributed by atoms with Crippen molar-refractivity contribution in [2.24, 2.45) is 11.0 Å². The van der Waals surface area contributed by atoms with E-state index in [-0.39, 0.29) is 23.9 Å². The van der Waals surface area contributed by atoms with Crippen LogP contribution >= 0.6 is 0 Å². The number of nitro benzene ring substituents is 1. The minimum absolute atomic E-state index is 0.0106. The molecular formula is C20H20N4O4. The van der Waals surface area contributed by atoms with Crippen molar-refractivity contribution >= 4 is 23.2 Å². The number of hydrogen-bond donors (Lipinski definition) is 1. The standard InChI is InChI=1S/C20H20N4O4/c1-14(16-7-9-18(10-8-16)24(27)28)21-22-20(26)17-11-19(25)23(13-17)12-15-5-3-2-4-6-15/h2-10,17H,11-13H2,1H3,(H,22,26)/b21-14-. The summed E-state index contributed by atoms with van der Waals surface area (Å²) < 4.78 is 0. The SMILES string of the molecule is C/C(=N/NC(=O)C1CC(=O)N(Cc2ccccc2)C1)c1ccc([N+](=O)[O-])cc1. The minimum Gasteiger partial charge on any atom is -0.338 e. The molecule has 1 saturated heterocycles. The Labute approximate surface area is 162 Å². The number of non-ortho nitro benzene ring substituents is 1. The second kappa shape index (κ2) is 8.43. The third-order valence-electron chi connectivity index (χ3n) is 4.63. The molecule has 0 radical (unpaired) electrons. The van der Waals surface area contributed by atoms with Crippen molar-refractivity contribution < 1.29 is 14.5 Å². The molecular weight excluding hydrogens is 360 g/mol. The van der Waals surface area contributed by atoms with Gasteiger partial charge in [-0.15, -0.1) is 0 Å². The van der Waals surface area contributed by atoms with E-state index in [1.165, 1.54) is 12.1 Å². The van der Waals surface area contributed by atoms with Crippen molar-refractivity contribution in [3.63, 3.8) is 0 Å². The summed E-state index contributed by atoms with van der Waals surface area (Å²) in [4.78, 5) is 36.5. The number of carbonyl (C=O) groups is 2. The minimum atomic E-state index is -0.476. The highest BCUT2D eigenvalue weighted by molar-refractivity contribution is 5.99. The zero-order chi connectivity index (χ0) is 20.1. The van der Waals surface area contributed by atoms with E-state index in [2.05, 4.69) is 10.5 Å². The molecule has 144 valence electrons. The van der Waals surface area contributed by atoms with Gasteiger partial charge in [0.2, 0.25) is 11.8 Å². The number of likely N-dealkylation sites (tertiary alicyclic amines) is 1. The van der Waals surface area contributed by atoms with Crippen LogP contribution in [0.15, 0.2) is 59.7 Å². The molecule has 3 rings (SSSR count). The van der Waals surface area contributed by atoms with E-state index in [4.69, 9.17) is 0 Å². The summed E-state index contributed by atoms with van der Waals surface area (Å²) in [6, 6.07) is 15.5. The number of nitrogens with one attached hydrogen (secondary N) is 1. The molecule has 8 heteroatoms. The van der Waals surface area contributed by atoms with Gasteiger partial charge in [0.05, 0.1) is 16.6 Å². The van der Waals surface area contributed by atoms with E-state index < -0.39 is 10.8 Å². The van der Waals surface area contributed by atoms with Crippen LogP contribution in [0.2, 0.25) is 0 Å². The molecule has 0 spiro atoms. The first kappa shape index (κ1) is 19.2. The number of nitrogens with zero attached hydrogens (tertiary/aromatic N) is 3. The van der Waals surface area contributed by atoms with Gasteiger partial charge >= 0.3 is 0 Å². The zero-order valence-corrected chi connectivity index (χ0v) is 15.4. The highest BCUT2D eigenvalue weighted by Crippen LogP contribution is 2.20. The van der Waals surface area contributed by atoms with Gasteiger partial charge in [0, 0.05) is 31.6 Å². The van der Waals surface area contributed by atoms with Gasteiger partial charge in [-0.25, -0.2) is 5.43 Å². The van der Waals surface area contributed by atoms with Crippen LogP contribution < -0.4 is 5.43 Å². The van der Waals surface area contributed by atoms with Gasteiger partial charge in [0.25, 0.3) is 5.69 Å². The van der Waals surface area contributed by atoms with E-state index in [9.17, 15) is 19.7 Å². The Morgan fingerprint density at radius 1 is 1.21 bits per heavy atom. The van der Waals surface area contributed by atoms with Gasteiger partial charge < -0.3 is 4.90 Å². The quantitative estimate of drug-likeness (QED) is 0.472. The molecule has 1 unspecified atom stereocenters. The molecule has 1 aliphatic rings. The molecule has 8 nitrogen and oxygen atoms in total. The number of amides is 2. The number of hydrazone groups is 1. The number of rotatable bonds is 6. The van der Waals surface area contributed by atoms with Gasteiger partial charge in [-0.3, -0.25) is 19.7 Å². The topological polar surface area (TPSA) is 105 Å². The van der Waals surface area contributed by atoms with Crippen LogP contribution in [-0.2, 0) is 16.1 Å². The summed E-state index contributed by atoms with van der Waals surface area (Å²) >= 11 is 0. The lowest BCUT2D eigenvalue weighted by Crippen LogP contribution is -2.30. The monoisotopic (exact) mass is 380 g/mol. The number of nitro groups is 1. The fraction of sp³-hybridized carbons (Fsp3) is 0.250. The molecule has 2 aromatic carbocycles. The van der Waals surface area contributed by atoms with Crippen LogP contribution in [0.25, 0.3) is 0 Å². The van der Waals surface area contributed by atoms with Gasteiger partial charge in [0.1, 0.15) is 0 Å². The molecule has 1 N–H and O–H groups in total. The Bertz CT molecular complexity index is 910. The Morgan fingerprint density at radius 3 is 2.54 bits per heavy atom. The summed E-state index contributed by atoms with van der Waals surface area (Å²) in [6.45, 7) is 2.53. The Morgan fingerprint density at radius 2 is 1.89 bits per heavy atom. The molecule has 1 heterocycles. The third-order valence-corrected chi connectivity index (χ3v) is 4.63. The molecule has 0 aromatic heterocycles. The Kier molecular flexibility index (Phi) is 5.78. The van der Waals surface area contributed by atoms with E-state index in [1.54, 1.807) is 24.0 Å². The van der Waals surface area contributed by atoms with Crippen molar-refractivity contribution in [2.75, 3.05) is 6.54 Å². The number of benzene rings is 2. The van der Waals surface area contributed by atoms with E-state index in [0.717, 1.165) is 5.56 Å². The molecule has 28 heavy (non-hydrogen) atoms. The first-order chi connectivity index (χ1) is 13.4. The first-order valence-electron chi connectivity index (χ1n) is 8.84. The van der Waals surface area contributed by atoms with Crippen molar-refractivity contribution in [1.29, 1.82) is 0 Å². The lowest BCUT2D eigenvalue weighted by Gasteiger charge is -2.16.